The van der Waals surface area contributed by atoms with Crippen molar-refractivity contribution in [3.63, 3.8) is 0 Å². The number of fused-ring (bicyclic) bond motifs is 1. The fourth-order valence-electron chi connectivity index (χ4n) is 2.15. The van der Waals surface area contributed by atoms with Crippen LogP contribution in [0.2, 0.25) is 0 Å². The number of nitrogens with zero attached hydrogens (tertiary/aromatic N) is 1. The lowest BCUT2D eigenvalue weighted by atomic mass is 9.84. The molecular weight excluding hydrogens is 138 g/mol. The highest BCUT2D eigenvalue weighted by Gasteiger charge is 2.35. The van der Waals surface area contributed by atoms with Gasteiger partial charge in [0.05, 0.1) is 6.04 Å². The summed E-state index contributed by atoms with van der Waals surface area (Å²) in [5.74, 6) is 1.62. The lowest BCUT2D eigenvalue weighted by molar-refractivity contribution is 0.123. The SMILES string of the molecule is CC1=NC2C(C)CCCC2O1. The van der Waals surface area contributed by atoms with E-state index >= 15 is 0 Å². The van der Waals surface area contributed by atoms with Crippen molar-refractivity contribution in [3.05, 3.63) is 0 Å². The second kappa shape index (κ2) is 2.50. The molecule has 3 atom stereocenters. The zero-order valence-corrected chi connectivity index (χ0v) is 7.21. The Hall–Kier alpha value is -0.530. The van der Waals surface area contributed by atoms with E-state index < -0.39 is 0 Å². The van der Waals surface area contributed by atoms with Crippen LogP contribution in [-0.2, 0) is 4.74 Å². The molecule has 0 N–H and O–H groups in total. The largest absolute Gasteiger partial charge is 0.476 e. The minimum atomic E-state index is 0.416. The van der Waals surface area contributed by atoms with Gasteiger partial charge in [-0.3, -0.25) is 0 Å². The molecule has 1 saturated carbocycles. The van der Waals surface area contributed by atoms with Gasteiger partial charge in [-0.05, 0) is 25.2 Å². The average molecular weight is 153 g/mol. The summed E-state index contributed by atoms with van der Waals surface area (Å²) in [6.07, 6.45) is 4.25. The standard InChI is InChI=1S/C9H15NO/c1-6-4-3-5-8-9(6)10-7(2)11-8/h6,8-9H,3-5H2,1-2H3. The van der Waals surface area contributed by atoms with Gasteiger partial charge in [0, 0.05) is 6.92 Å². The molecular formula is C9H15NO. The van der Waals surface area contributed by atoms with Gasteiger partial charge in [-0.15, -0.1) is 0 Å². The summed E-state index contributed by atoms with van der Waals surface area (Å²) in [5, 5.41) is 0. The fraction of sp³-hybridized carbons (Fsp3) is 0.889. The third kappa shape index (κ3) is 1.15. The number of aliphatic imine (C=N–C) groups is 1. The highest BCUT2D eigenvalue weighted by Crippen LogP contribution is 2.32. The lowest BCUT2D eigenvalue weighted by Crippen LogP contribution is -2.32. The van der Waals surface area contributed by atoms with Gasteiger partial charge in [-0.2, -0.15) is 0 Å². The first kappa shape index (κ1) is 7.14. The summed E-state index contributed by atoms with van der Waals surface area (Å²) in [6.45, 7) is 4.24. The molecule has 2 aliphatic rings. The Labute approximate surface area is 67.7 Å². The minimum absolute atomic E-state index is 0.416. The molecule has 2 rings (SSSR count). The lowest BCUT2D eigenvalue weighted by Gasteiger charge is -2.27. The smallest absolute Gasteiger partial charge is 0.180 e. The Bertz CT molecular complexity index is 188. The molecule has 0 spiro atoms. The molecule has 62 valence electrons. The predicted octanol–water partition coefficient (Wildman–Crippen LogP) is 1.99. The highest BCUT2D eigenvalue weighted by atomic mass is 16.5. The van der Waals surface area contributed by atoms with Crippen LogP contribution in [0.1, 0.15) is 33.1 Å². The van der Waals surface area contributed by atoms with Crippen molar-refractivity contribution < 1.29 is 4.74 Å². The van der Waals surface area contributed by atoms with Crippen LogP contribution in [0.15, 0.2) is 4.99 Å². The Kier molecular flexibility index (Phi) is 1.63. The van der Waals surface area contributed by atoms with Crippen LogP contribution in [0.5, 0.6) is 0 Å². The molecule has 0 saturated heterocycles. The average Bonchev–Trinajstić information content (AvgIpc) is 2.31. The second-order valence-corrected chi connectivity index (χ2v) is 3.70. The van der Waals surface area contributed by atoms with Crippen molar-refractivity contribution in [2.24, 2.45) is 10.9 Å². The molecule has 3 unspecified atom stereocenters. The van der Waals surface area contributed by atoms with Crippen LogP contribution in [-0.4, -0.2) is 18.0 Å². The van der Waals surface area contributed by atoms with Gasteiger partial charge in [0.2, 0.25) is 0 Å². The molecule has 1 heterocycles. The van der Waals surface area contributed by atoms with Crippen molar-refractivity contribution in [3.8, 4) is 0 Å². The van der Waals surface area contributed by atoms with Crippen molar-refractivity contribution in [1.29, 1.82) is 0 Å². The molecule has 0 bridgehead atoms. The van der Waals surface area contributed by atoms with E-state index in [4.69, 9.17) is 4.74 Å². The van der Waals surface area contributed by atoms with Crippen LogP contribution in [0.4, 0.5) is 0 Å². The maximum absolute atomic E-state index is 5.59. The molecule has 0 amide bonds. The summed E-state index contributed by atoms with van der Waals surface area (Å²) in [6, 6.07) is 0.476. The summed E-state index contributed by atoms with van der Waals surface area (Å²) in [7, 11) is 0. The summed E-state index contributed by atoms with van der Waals surface area (Å²) < 4.78 is 5.59. The molecule has 0 aromatic heterocycles. The van der Waals surface area contributed by atoms with E-state index in [-0.39, 0.29) is 0 Å². The number of hydrogen-bond acceptors (Lipinski definition) is 2. The van der Waals surface area contributed by atoms with E-state index in [9.17, 15) is 0 Å². The Balaban J connectivity index is 2.12. The third-order valence-corrected chi connectivity index (χ3v) is 2.76. The molecule has 1 fully saturated rings. The van der Waals surface area contributed by atoms with E-state index in [2.05, 4.69) is 11.9 Å². The molecule has 1 aliphatic heterocycles. The fourth-order valence-corrected chi connectivity index (χ4v) is 2.15. The Morgan fingerprint density at radius 2 is 2.27 bits per heavy atom. The first-order valence-corrected chi connectivity index (χ1v) is 4.48. The predicted molar refractivity (Wildman–Crippen MR) is 44.8 cm³/mol. The van der Waals surface area contributed by atoms with Gasteiger partial charge in [0.1, 0.15) is 6.10 Å². The van der Waals surface area contributed by atoms with E-state index in [1.165, 1.54) is 19.3 Å². The van der Waals surface area contributed by atoms with Gasteiger partial charge in [-0.25, -0.2) is 4.99 Å². The zero-order chi connectivity index (χ0) is 7.84. The number of ether oxygens (including phenoxy) is 1. The molecule has 2 heteroatoms. The topological polar surface area (TPSA) is 21.6 Å². The van der Waals surface area contributed by atoms with E-state index in [1.54, 1.807) is 0 Å². The van der Waals surface area contributed by atoms with Gasteiger partial charge in [0.15, 0.2) is 5.90 Å². The highest BCUT2D eigenvalue weighted by molar-refractivity contribution is 5.75. The van der Waals surface area contributed by atoms with Crippen LogP contribution in [0.25, 0.3) is 0 Å². The van der Waals surface area contributed by atoms with Crippen LogP contribution in [0.3, 0.4) is 0 Å². The number of rotatable bonds is 0. The molecule has 11 heavy (non-hydrogen) atoms. The van der Waals surface area contributed by atoms with Crippen molar-refractivity contribution in [1.82, 2.24) is 0 Å². The van der Waals surface area contributed by atoms with Gasteiger partial charge >= 0.3 is 0 Å². The first-order valence-electron chi connectivity index (χ1n) is 4.48. The molecule has 0 aromatic carbocycles. The van der Waals surface area contributed by atoms with Crippen LogP contribution >= 0.6 is 0 Å². The third-order valence-electron chi connectivity index (χ3n) is 2.76. The minimum Gasteiger partial charge on any atom is -0.476 e. The van der Waals surface area contributed by atoms with E-state index in [0.29, 0.717) is 12.1 Å². The van der Waals surface area contributed by atoms with Crippen molar-refractivity contribution in [2.45, 2.75) is 45.3 Å². The molecule has 2 nitrogen and oxygen atoms in total. The normalized spacial score (nSPS) is 42.7. The second-order valence-electron chi connectivity index (χ2n) is 3.70. The van der Waals surface area contributed by atoms with Crippen molar-refractivity contribution in [2.75, 3.05) is 0 Å². The Morgan fingerprint density at radius 3 is 3.00 bits per heavy atom. The maximum atomic E-state index is 5.59. The van der Waals surface area contributed by atoms with Crippen molar-refractivity contribution >= 4 is 5.90 Å². The first-order chi connectivity index (χ1) is 5.27. The summed E-state index contributed by atoms with van der Waals surface area (Å²) >= 11 is 0. The summed E-state index contributed by atoms with van der Waals surface area (Å²) in [5.41, 5.74) is 0. The van der Waals surface area contributed by atoms with E-state index in [1.807, 2.05) is 6.92 Å². The van der Waals surface area contributed by atoms with Gasteiger partial charge in [-0.1, -0.05) is 6.92 Å². The van der Waals surface area contributed by atoms with Crippen LogP contribution in [0, 0.1) is 5.92 Å². The molecule has 0 aromatic rings. The molecule has 0 radical (unpaired) electrons. The van der Waals surface area contributed by atoms with E-state index in [0.717, 1.165) is 11.8 Å². The molecule has 1 aliphatic carbocycles. The van der Waals surface area contributed by atoms with Crippen LogP contribution < -0.4 is 0 Å². The van der Waals surface area contributed by atoms with Gasteiger partial charge < -0.3 is 4.74 Å². The monoisotopic (exact) mass is 153 g/mol. The quantitative estimate of drug-likeness (QED) is 0.521. The van der Waals surface area contributed by atoms with Gasteiger partial charge in [0.25, 0.3) is 0 Å². The number of hydrogen-bond donors (Lipinski definition) is 0. The Morgan fingerprint density at radius 1 is 1.45 bits per heavy atom. The maximum Gasteiger partial charge on any atom is 0.180 e. The zero-order valence-electron chi connectivity index (χ0n) is 7.21. The summed E-state index contributed by atoms with van der Waals surface area (Å²) in [4.78, 5) is 4.49.